The number of rotatable bonds is 5. The first kappa shape index (κ1) is 15.2. The van der Waals surface area contributed by atoms with Crippen molar-refractivity contribution in [2.75, 3.05) is 11.6 Å². The molecule has 2 rings (SSSR count). The van der Waals surface area contributed by atoms with E-state index in [-0.39, 0.29) is 5.84 Å². The van der Waals surface area contributed by atoms with Gasteiger partial charge in [0.2, 0.25) is 0 Å². The van der Waals surface area contributed by atoms with Crippen LogP contribution in [0.5, 0.6) is 0 Å². The molecule has 0 amide bonds. The molecule has 0 atom stereocenters. The van der Waals surface area contributed by atoms with E-state index in [1.54, 1.807) is 17.8 Å². The van der Waals surface area contributed by atoms with E-state index in [0.717, 1.165) is 10.6 Å². The Morgan fingerprint density at radius 3 is 2.81 bits per heavy atom. The normalized spacial score (nSPS) is 11.4. The Balaban J connectivity index is 2.18. The average Bonchev–Trinajstić information content (AvgIpc) is 2.51. The summed E-state index contributed by atoms with van der Waals surface area (Å²) >= 11 is 1.64. The zero-order chi connectivity index (χ0) is 15.2. The number of halogens is 1. The van der Waals surface area contributed by atoms with Gasteiger partial charge in [-0.25, -0.2) is 4.39 Å². The van der Waals surface area contributed by atoms with E-state index in [0.29, 0.717) is 17.7 Å². The van der Waals surface area contributed by atoms with Gasteiger partial charge >= 0.3 is 0 Å². The average molecular weight is 305 g/mol. The number of nitrogens with two attached hydrogens (primary N) is 1. The quantitative estimate of drug-likeness (QED) is 0.261. The van der Waals surface area contributed by atoms with E-state index in [4.69, 9.17) is 10.9 Å². The highest BCUT2D eigenvalue weighted by Gasteiger charge is 2.06. The molecule has 4 nitrogen and oxygen atoms in total. The number of hydrogen-bond acceptors (Lipinski definition) is 4. The lowest BCUT2D eigenvalue weighted by Gasteiger charge is -2.11. The fraction of sp³-hybridized carbons (Fsp3) is 0.133. The van der Waals surface area contributed by atoms with Gasteiger partial charge in [0.1, 0.15) is 5.82 Å². The molecule has 0 heterocycles. The molecule has 0 saturated heterocycles. The van der Waals surface area contributed by atoms with E-state index in [9.17, 15) is 4.39 Å². The van der Waals surface area contributed by atoms with E-state index < -0.39 is 5.82 Å². The number of nitrogens with one attached hydrogen (secondary N) is 1. The summed E-state index contributed by atoms with van der Waals surface area (Å²) in [5.74, 6) is -0.533. The van der Waals surface area contributed by atoms with Gasteiger partial charge in [0.25, 0.3) is 0 Å². The molecule has 0 radical (unpaired) electrons. The third-order valence-electron chi connectivity index (χ3n) is 2.95. The molecule has 2 aromatic carbocycles. The van der Waals surface area contributed by atoms with Crippen LogP contribution in [0.25, 0.3) is 0 Å². The monoisotopic (exact) mass is 305 g/mol. The second-order valence-electron chi connectivity index (χ2n) is 4.39. The van der Waals surface area contributed by atoms with Gasteiger partial charge in [-0.1, -0.05) is 17.3 Å². The summed E-state index contributed by atoms with van der Waals surface area (Å²) in [5, 5.41) is 14.8. The molecule has 0 fully saturated rings. The minimum absolute atomic E-state index is 0.111. The Bertz CT molecular complexity index is 661. The van der Waals surface area contributed by atoms with Crippen molar-refractivity contribution >= 4 is 23.3 Å². The first-order chi connectivity index (χ1) is 10.1. The molecule has 0 spiro atoms. The first-order valence-electron chi connectivity index (χ1n) is 6.28. The predicted molar refractivity (Wildman–Crippen MR) is 84.5 cm³/mol. The van der Waals surface area contributed by atoms with E-state index in [1.165, 1.54) is 12.1 Å². The Morgan fingerprint density at radius 2 is 2.10 bits per heavy atom. The van der Waals surface area contributed by atoms with Gasteiger partial charge in [-0.05, 0) is 42.2 Å². The Labute approximate surface area is 126 Å². The molecule has 6 heteroatoms. The lowest BCUT2D eigenvalue weighted by atomic mass is 10.1. The largest absolute Gasteiger partial charge is 0.409 e. The minimum Gasteiger partial charge on any atom is -0.409 e. The lowest BCUT2D eigenvalue weighted by molar-refractivity contribution is 0.318. The lowest BCUT2D eigenvalue weighted by Crippen LogP contribution is -2.14. The third kappa shape index (κ3) is 3.88. The van der Waals surface area contributed by atoms with Crippen LogP contribution in [0.3, 0.4) is 0 Å². The van der Waals surface area contributed by atoms with Gasteiger partial charge < -0.3 is 16.3 Å². The van der Waals surface area contributed by atoms with E-state index in [1.807, 2.05) is 30.5 Å². The zero-order valence-corrected chi connectivity index (χ0v) is 12.3. The number of anilines is 1. The van der Waals surface area contributed by atoms with Gasteiger partial charge in [0.15, 0.2) is 5.84 Å². The van der Waals surface area contributed by atoms with E-state index >= 15 is 0 Å². The molecule has 0 aliphatic heterocycles. The van der Waals surface area contributed by atoms with E-state index in [2.05, 4.69) is 10.5 Å². The second kappa shape index (κ2) is 6.99. The molecule has 2 aromatic rings. The predicted octanol–water partition coefficient (Wildman–Crippen LogP) is 3.25. The highest BCUT2D eigenvalue weighted by molar-refractivity contribution is 7.98. The molecule has 21 heavy (non-hydrogen) atoms. The van der Waals surface area contributed by atoms with Crippen molar-refractivity contribution in [3.8, 4) is 0 Å². The number of thioether (sulfide) groups is 1. The summed E-state index contributed by atoms with van der Waals surface area (Å²) in [7, 11) is 0. The fourth-order valence-electron chi connectivity index (χ4n) is 1.95. The highest BCUT2D eigenvalue weighted by atomic mass is 32.2. The zero-order valence-electron chi connectivity index (χ0n) is 11.5. The Morgan fingerprint density at radius 1 is 1.33 bits per heavy atom. The summed E-state index contributed by atoms with van der Waals surface area (Å²) in [5.41, 5.74) is 7.55. The summed E-state index contributed by atoms with van der Waals surface area (Å²) < 4.78 is 13.6. The number of nitrogens with zero attached hydrogens (tertiary/aromatic N) is 1. The van der Waals surface area contributed by atoms with Crippen LogP contribution >= 0.6 is 11.8 Å². The van der Waals surface area contributed by atoms with Crippen LogP contribution in [-0.2, 0) is 6.54 Å². The van der Waals surface area contributed by atoms with Gasteiger partial charge in [0.05, 0.1) is 0 Å². The standard InChI is InChI=1S/C15H16FN3OS/c1-21-14-5-3-2-4-13(14)18-9-10-6-11(15(17)19-20)8-12(16)7-10/h2-8,18,20H,9H2,1H3,(H2,17,19). The number of amidine groups is 1. The maximum atomic E-state index is 13.6. The van der Waals surface area contributed by atoms with Crippen LogP contribution in [0.2, 0.25) is 0 Å². The van der Waals surface area contributed by atoms with Crippen LogP contribution < -0.4 is 11.1 Å². The summed E-state index contributed by atoms with van der Waals surface area (Å²) in [4.78, 5) is 1.12. The van der Waals surface area contributed by atoms with Crippen molar-refractivity contribution in [3.05, 3.63) is 59.4 Å². The highest BCUT2D eigenvalue weighted by Crippen LogP contribution is 2.25. The smallest absolute Gasteiger partial charge is 0.170 e. The third-order valence-corrected chi connectivity index (χ3v) is 3.75. The molecule has 0 bridgehead atoms. The van der Waals surface area contributed by atoms with Crippen LogP contribution in [0.4, 0.5) is 10.1 Å². The molecule has 0 aliphatic rings. The number of benzene rings is 2. The van der Waals surface area contributed by atoms with Crippen molar-refractivity contribution in [1.29, 1.82) is 0 Å². The fourth-order valence-corrected chi connectivity index (χ4v) is 2.52. The first-order valence-corrected chi connectivity index (χ1v) is 7.50. The summed E-state index contributed by atoms with van der Waals surface area (Å²) in [6.45, 7) is 0.445. The molecule has 4 N–H and O–H groups in total. The van der Waals surface area contributed by atoms with Crippen molar-refractivity contribution in [1.82, 2.24) is 0 Å². The number of hydrogen-bond donors (Lipinski definition) is 3. The molecular weight excluding hydrogens is 289 g/mol. The second-order valence-corrected chi connectivity index (χ2v) is 5.24. The van der Waals surface area contributed by atoms with Crippen LogP contribution in [0, 0.1) is 5.82 Å². The van der Waals surface area contributed by atoms with Gasteiger partial charge in [-0.2, -0.15) is 0 Å². The van der Waals surface area contributed by atoms with Crippen molar-refractivity contribution < 1.29 is 9.60 Å². The maximum absolute atomic E-state index is 13.6. The van der Waals surface area contributed by atoms with Crippen molar-refractivity contribution in [2.45, 2.75) is 11.4 Å². The molecule has 0 aromatic heterocycles. The molecular formula is C15H16FN3OS. The Kier molecular flexibility index (Phi) is 5.05. The van der Waals surface area contributed by atoms with Crippen LogP contribution in [0.15, 0.2) is 52.5 Å². The molecule has 0 aliphatic carbocycles. The SMILES string of the molecule is CSc1ccccc1NCc1cc(F)cc(/C(N)=N/O)c1. The van der Waals surface area contributed by atoms with Gasteiger partial charge in [-0.15, -0.1) is 11.8 Å². The van der Waals surface area contributed by atoms with Crippen molar-refractivity contribution in [2.24, 2.45) is 10.9 Å². The Hall–Kier alpha value is -2.21. The van der Waals surface area contributed by atoms with Crippen LogP contribution in [-0.4, -0.2) is 17.3 Å². The van der Waals surface area contributed by atoms with Crippen LogP contribution in [0.1, 0.15) is 11.1 Å². The number of oxime groups is 1. The van der Waals surface area contributed by atoms with Gasteiger partial charge in [0, 0.05) is 22.7 Å². The summed E-state index contributed by atoms with van der Waals surface area (Å²) in [6, 6.07) is 12.2. The maximum Gasteiger partial charge on any atom is 0.170 e. The molecule has 0 unspecified atom stereocenters. The summed E-state index contributed by atoms with van der Waals surface area (Å²) in [6.07, 6.45) is 2.00. The van der Waals surface area contributed by atoms with Crippen molar-refractivity contribution in [3.63, 3.8) is 0 Å². The van der Waals surface area contributed by atoms with Gasteiger partial charge in [-0.3, -0.25) is 0 Å². The molecule has 0 saturated carbocycles. The number of para-hydroxylation sites is 1. The molecule has 110 valence electrons. The topological polar surface area (TPSA) is 70.6 Å². The minimum atomic E-state index is -0.422.